The van der Waals surface area contributed by atoms with Crippen molar-refractivity contribution in [2.24, 2.45) is 5.41 Å². The summed E-state index contributed by atoms with van der Waals surface area (Å²) in [4.78, 5) is 32.6. The van der Waals surface area contributed by atoms with Gasteiger partial charge in [0.15, 0.2) is 0 Å². The molecule has 6 nitrogen and oxygen atoms in total. The third kappa shape index (κ3) is 4.55. The SMILES string of the molecule is CC(C)(CO)C(=O)C(=O)NCCC(=O)O. The molecule has 0 rings (SSSR count). The standard InChI is InChI=1S/C9H15NO5/c1-9(2,5-11)7(14)8(15)10-4-3-6(12)13/h11H,3-5H2,1-2H3,(H,10,15)(H,12,13). The van der Waals surface area contributed by atoms with Crippen LogP contribution < -0.4 is 5.32 Å². The zero-order chi connectivity index (χ0) is 12.1. The van der Waals surface area contributed by atoms with Gasteiger partial charge in [0, 0.05) is 6.54 Å². The van der Waals surface area contributed by atoms with Gasteiger partial charge in [-0.25, -0.2) is 0 Å². The minimum atomic E-state index is -1.13. The second-order valence-electron chi connectivity index (χ2n) is 3.77. The molecule has 0 saturated heterocycles. The number of nitrogens with one attached hydrogen (secondary N) is 1. The summed E-state index contributed by atoms with van der Waals surface area (Å²) in [6.07, 6.45) is -0.238. The first-order valence-electron chi connectivity index (χ1n) is 4.46. The number of aliphatic carboxylic acids is 1. The highest BCUT2D eigenvalue weighted by atomic mass is 16.4. The zero-order valence-electron chi connectivity index (χ0n) is 8.74. The number of hydrogen-bond acceptors (Lipinski definition) is 4. The highest BCUT2D eigenvalue weighted by Gasteiger charge is 2.32. The summed E-state index contributed by atoms with van der Waals surface area (Å²) < 4.78 is 0. The lowest BCUT2D eigenvalue weighted by Gasteiger charge is -2.18. The Labute approximate surface area is 87.3 Å². The first kappa shape index (κ1) is 13.6. The number of hydrogen-bond donors (Lipinski definition) is 3. The van der Waals surface area contributed by atoms with E-state index in [2.05, 4.69) is 5.32 Å². The zero-order valence-corrected chi connectivity index (χ0v) is 8.74. The third-order valence-corrected chi connectivity index (χ3v) is 1.84. The summed E-state index contributed by atoms with van der Waals surface area (Å²) >= 11 is 0. The summed E-state index contributed by atoms with van der Waals surface area (Å²) in [5, 5.41) is 19.3. The fraction of sp³-hybridized carbons (Fsp3) is 0.667. The molecule has 86 valence electrons. The van der Waals surface area contributed by atoms with Crippen molar-refractivity contribution in [3.63, 3.8) is 0 Å². The highest BCUT2D eigenvalue weighted by Crippen LogP contribution is 2.14. The quantitative estimate of drug-likeness (QED) is 0.503. The van der Waals surface area contributed by atoms with Crippen LogP contribution in [0, 0.1) is 5.41 Å². The first-order valence-corrected chi connectivity index (χ1v) is 4.46. The molecule has 0 fully saturated rings. The van der Waals surface area contributed by atoms with E-state index in [9.17, 15) is 14.4 Å². The summed E-state index contributed by atoms with van der Waals surface area (Å²) in [5.41, 5.74) is -1.13. The predicted molar refractivity (Wildman–Crippen MR) is 51.1 cm³/mol. The van der Waals surface area contributed by atoms with Crippen LogP contribution in [0.4, 0.5) is 0 Å². The number of carbonyl (C=O) groups excluding carboxylic acids is 2. The molecule has 15 heavy (non-hydrogen) atoms. The summed E-state index contributed by atoms with van der Waals surface area (Å²) in [5.74, 6) is -2.67. The molecule has 0 aromatic rings. The average molecular weight is 217 g/mol. The van der Waals surface area contributed by atoms with Crippen LogP contribution >= 0.6 is 0 Å². The van der Waals surface area contributed by atoms with E-state index in [4.69, 9.17) is 10.2 Å². The Balaban J connectivity index is 4.12. The number of ketones is 1. The van der Waals surface area contributed by atoms with Gasteiger partial charge in [0.25, 0.3) is 5.91 Å². The smallest absolute Gasteiger partial charge is 0.305 e. The van der Waals surface area contributed by atoms with Crippen LogP contribution in [-0.4, -0.2) is 41.0 Å². The number of aliphatic hydroxyl groups excluding tert-OH is 1. The van der Waals surface area contributed by atoms with Gasteiger partial charge in [-0.15, -0.1) is 0 Å². The first-order chi connectivity index (χ1) is 6.81. The molecule has 0 spiro atoms. The number of aliphatic hydroxyl groups is 1. The Kier molecular flexibility index (Phi) is 4.93. The molecule has 0 unspecified atom stereocenters. The molecule has 0 aromatic carbocycles. The van der Waals surface area contributed by atoms with Gasteiger partial charge < -0.3 is 15.5 Å². The molecule has 0 saturated carbocycles. The molecular weight excluding hydrogens is 202 g/mol. The normalized spacial score (nSPS) is 10.9. The van der Waals surface area contributed by atoms with E-state index in [1.54, 1.807) is 0 Å². The predicted octanol–water partition coefficient (Wildman–Crippen LogP) is -0.835. The molecule has 0 aliphatic rings. The van der Waals surface area contributed by atoms with Crippen LogP contribution in [0.15, 0.2) is 0 Å². The van der Waals surface area contributed by atoms with Crippen molar-refractivity contribution in [3.8, 4) is 0 Å². The van der Waals surface area contributed by atoms with Crippen molar-refractivity contribution in [3.05, 3.63) is 0 Å². The molecule has 6 heteroatoms. The number of carbonyl (C=O) groups is 3. The molecule has 0 aliphatic heterocycles. The van der Waals surface area contributed by atoms with Crippen molar-refractivity contribution in [2.45, 2.75) is 20.3 Å². The van der Waals surface area contributed by atoms with E-state index in [0.717, 1.165) is 0 Å². The van der Waals surface area contributed by atoms with Crippen molar-refractivity contribution >= 4 is 17.7 Å². The van der Waals surface area contributed by atoms with Crippen molar-refractivity contribution in [1.29, 1.82) is 0 Å². The van der Waals surface area contributed by atoms with E-state index in [1.807, 2.05) is 0 Å². The van der Waals surface area contributed by atoms with Crippen LogP contribution in [0.5, 0.6) is 0 Å². The topological polar surface area (TPSA) is 104 Å². The Morgan fingerprint density at radius 2 is 1.80 bits per heavy atom. The number of Topliss-reactive ketones (excluding diaryl/α,β-unsaturated/α-hetero) is 1. The minimum absolute atomic E-state index is 0.0958. The molecule has 0 atom stereocenters. The molecule has 1 amide bonds. The number of rotatable bonds is 6. The summed E-state index contributed by atoms with van der Waals surface area (Å²) in [6, 6.07) is 0. The molecular formula is C9H15NO5. The highest BCUT2D eigenvalue weighted by molar-refractivity contribution is 6.38. The van der Waals surface area contributed by atoms with Crippen molar-refractivity contribution in [2.75, 3.05) is 13.2 Å². The van der Waals surface area contributed by atoms with Gasteiger partial charge in [-0.1, -0.05) is 13.8 Å². The van der Waals surface area contributed by atoms with Crippen LogP contribution in [0.3, 0.4) is 0 Å². The fourth-order valence-corrected chi connectivity index (χ4v) is 0.742. The maximum absolute atomic E-state index is 11.4. The van der Waals surface area contributed by atoms with Crippen LogP contribution in [-0.2, 0) is 14.4 Å². The Bertz CT molecular complexity index is 272. The lowest BCUT2D eigenvalue weighted by Crippen LogP contribution is -2.42. The maximum Gasteiger partial charge on any atom is 0.305 e. The van der Waals surface area contributed by atoms with E-state index in [-0.39, 0.29) is 13.0 Å². The van der Waals surface area contributed by atoms with Crippen LogP contribution in [0.25, 0.3) is 0 Å². The largest absolute Gasteiger partial charge is 0.481 e. The Morgan fingerprint density at radius 3 is 2.20 bits per heavy atom. The molecule has 3 N–H and O–H groups in total. The summed E-state index contributed by atoms with van der Waals surface area (Å²) in [7, 11) is 0. The van der Waals surface area contributed by atoms with E-state index >= 15 is 0 Å². The monoisotopic (exact) mass is 217 g/mol. The fourth-order valence-electron chi connectivity index (χ4n) is 0.742. The van der Waals surface area contributed by atoms with E-state index in [1.165, 1.54) is 13.8 Å². The Morgan fingerprint density at radius 1 is 1.27 bits per heavy atom. The minimum Gasteiger partial charge on any atom is -0.481 e. The second-order valence-corrected chi connectivity index (χ2v) is 3.77. The van der Waals surface area contributed by atoms with E-state index < -0.39 is 29.7 Å². The van der Waals surface area contributed by atoms with Crippen molar-refractivity contribution < 1.29 is 24.6 Å². The molecule has 0 aliphatic carbocycles. The lowest BCUT2D eigenvalue weighted by molar-refractivity contribution is -0.144. The molecule has 0 aromatic heterocycles. The number of carboxylic acid groups (broad SMARTS) is 1. The van der Waals surface area contributed by atoms with Gasteiger partial charge >= 0.3 is 5.97 Å². The molecule has 0 bridgehead atoms. The average Bonchev–Trinajstić information content (AvgIpc) is 2.15. The van der Waals surface area contributed by atoms with E-state index in [0.29, 0.717) is 0 Å². The lowest BCUT2D eigenvalue weighted by atomic mass is 9.89. The van der Waals surface area contributed by atoms with Crippen molar-refractivity contribution in [1.82, 2.24) is 5.32 Å². The molecule has 0 heterocycles. The van der Waals surface area contributed by atoms with Gasteiger partial charge in [0.05, 0.1) is 18.4 Å². The number of amides is 1. The van der Waals surface area contributed by atoms with Gasteiger partial charge in [-0.2, -0.15) is 0 Å². The molecule has 0 radical (unpaired) electrons. The summed E-state index contributed by atoms with van der Waals surface area (Å²) in [6.45, 7) is 2.35. The second kappa shape index (κ2) is 5.45. The van der Waals surface area contributed by atoms with Crippen LogP contribution in [0.1, 0.15) is 20.3 Å². The maximum atomic E-state index is 11.4. The van der Waals surface area contributed by atoms with Crippen LogP contribution in [0.2, 0.25) is 0 Å². The van der Waals surface area contributed by atoms with Gasteiger partial charge in [0.1, 0.15) is 0 Å². The number of carboxylic acids is 1. The Hall–Kier alpha value is -1.43. The third-order valence-electron chi connectivity index (χ3n) is 1.84. The van der Waals surface area contributed by atoms with Gasteiger partial charge in [0.2, 0.25) is 5.78 Å². The van der Waals surface area contributed by atoms with Gasteiger partial charge in [-0.05, 0) is 0 Å². The van der Waals surface area contributed by atoms with Gasteiger partial charge in [-0.3, -0.25) is 14.4 Å².